The minimum absolute atomic E-state index is 0.0143. The van der Waals surface area contributed by atoms with E-state index >= 15 is 0 Å². The third-order valence-corrected chi connectivity index (χ3v) is 3.73. The van der Waals surface area contributed by atoms with E-state index in [-0.39, 0.29) is 5.91 Å². The summed E-state index contributed by atoms with van der Waals surface area (Å²) >= 11 is 0. The summed E-state index contributed by atoms with van der Waals surface area (Å²) in [6.45, 7) is 3.34. The molecule has 22 heavy (non-hydrogen) atoms. The van der Waals surface area contributed by atoms with Crippen molar-refractivity contribution in [1.29, 1.82) is 0 Å². The molecular formula is C18H23N3O. The van der Waals surface area contributed by atoms with E-state index in [9.17, 15) is 4.79 Å². The molecule has 0 spiro atoms. The number of hydrogen-bond donors (Lipinski definition) is 1. The fourth-order valence-electron chi connectivity index (χ4n) is 2.43. The van der Waals surface area contributed by atoms with Crippen molar-refractivity contribution in [2.24, 2.45) is 5.73 Å². The molecule has 0 saturated carbocycles. The molecule has 1 aromatic heterocycles. The highest BCUT2D eigenvalue weighted by Crippen LogP contribution is 2.06. The molecule has 1 atom stereocenters. The average molecular weight is 297 g/mol. The van der Waals surface area contributed by atoms with Gasteiger partial charge in [0.1, 0.15) is 0 Å². The Labute approximate surface area is 132 Å². The smallest absolute Gasteiger partial charge is 0.239 e. The third kappa shape index (κ3) is 4.67. The predicted molar refractivity (Wildman–Crippen MR) is 88.3 cm³/mol. The van der Waals surface area contributed by atoms with Crippen LogP contribution in [-0.2, 0) is 17.6 Å². The number of nitrogens with zero attached hydrogens (tertiary/aromatic N) is 2. The zero-order valence-corrected chi connectivity index (χ0v) is 13.0. The van der Waals surface area contributed by atoms with Crippen LogP contribution < -0.4 is 5.73 Å². The van der Waals surface area contributed by atoms with Gasteiger partial charge in [0.05, 0.1) is 6.04 Å². The maximum absolute atomic E-state index is 12.5. The minimum Gasteiger partial charge on any atom is -0.341 e. The highest BCUT2D eigenvalue weighted by Gasteiger charge is 2.19. The number of carbonyl (C=O) groups excluding carboxylic acids is 1. The van der Waals surface area contributed by atoms with Gasteiger partial charge in [0.25, 0.3) is 0 Å². The van der Waals surface area contributed by atoms with Gasteiger partial charge in [-0.25, -0.2) is 0 Å². The average Bonchev–Trinajstić information content (AvgIpc) is 2.57. The van der Waals surface area contributed by atoms with E-state index in [2.05, 4.69) is 4.98 Å². The van der Waals surface area contributed by atoms with Crippen LogP contribution in [-0.4, -0.2) is 34.9 Å². The lowest BCUT2D eigenvalue weighted by Gasteiger charge is -2.24. The van der Waals surface area contributed by atoms with E-state index in [1.807, 2.05) is 54.3 Å². The van der Waals surface area contributed by atoms with Crippen molar-refractivity contribution < 1.29 is 4.79 Å². The van der Waals surface area contributed by atoms with E-state index in [0.29, 0.717) is 19.5 Å². The van der Waals surface area contributed by atoms with Gasteiger partial charge in [0.2, 0.25) is 5.91 Å². The number of carbonyl (C=O) groups is 1. The van der Waals surface area contributed by atoms with Crippen LogP contribution in [0.15, 0.2) is 54.9 Å². The third-order valence-electron chi connectivity index (χ3n) is 3.73. The molecule has 0 fully saturated rings. The molecule has 0 bridgehead atoms. The number of nitrogens with two attached hydrogens (primary N) is 1. The van der Waals surface area contributed by atoms with Crippen molar-refractivity contribution in [3.63, 3.8) is 0 Å². The Morgan fingerprint density at radius 1 is 1.14 bits per heavy atom. The maximum Gasteiger partial charge on any atom is 0.239 e. The van der Waals surface area contributed by atoms with Gasteiger partial charge in [-0.05, 0) is 43.0 Å². The molecule has 0 unspecified atom stereocenters. The number of rotatable bonds is 7. The van der Waals surface area contributed by atoms with Gasteiger partial charge in [0.15, 0.2) is 0 Å². The molecule has 1 amide bonds. The second kappa shape index (κ2) is 8.29. The standard InChI is InChI=1S/C18H23N3O/c1-2-21(13-10-15-8-11-20-12-9-15)18(22)17(19)14-16-6-4-3-5-7-16/h3-9,11-12,17H,2,10,13-14,19H2,1H3/t17-/m0/s1. The summed E-state index contributed by atoms with van der Waals surface area (Å²) in [5.74, 6) is 0.0143. The van der Waals surface area contributed by atoms with Crippen molar-refractivity contribution in [1.82, 2.24) is 9.88 Å². The van der Waals surface area contributed by atoms with E-state index in [0.717, 1.165) is 12.0 Å². The normalized spacial score (nSPS) is 11.9. The number of aromatic nitrogens is 1. The lowest BCUT2D eigenvalue weighted by atomic mass is 10.1. The maximum atomic E-state index is 12.5. The second-order valence-corrected chi connectivity index (χ2v) is 5.32. The summed E-state index contributed by atoms with van der Waals surface area (Å²) in [5.41, 5.74) is 8.36. The number of benzene rings is 1. The number of hydrogen-bond acceptors (Lipinski definition) is 3. The lowest BCUT2D eigenvalue weighted by Crippen LogP contribution is -2.45. The Bertz CT molecular complexity index is 571. The number of pyridine rings is 1. The van der Waals surface area contributed by atoms with Gasteiger partial charge in [-0.1, -0.05) is 30.3 Å². The van der Waals surface area contributed by atoms with Gasteiger partial charge in [-0.15, -0.1) is 0 Å². The van der Waals surface area contributed by atoms with Crippen molar-refractivity contribution >= 4 is 5.91 Å². The first-order chi connectivity index (χ1) is 10.7. The van der Waals surface area contributed by atoms with Crippen molar-refractivity contribution in [3.05, 3.63) is 66.0 Å². The minimum atomic E-state index is -0.486. The summed E-state index contributed by atoms with van der Waals surface area (Å²) < 4.78 is 0. The van der Waals surface area contributed by atoms with E-state index < -0.39 is 6.04 Å². The Morgan fingerprint density at radius 2 is 1.82 bits per heavy atom. The van der Waals surface area contributed by atoms with Gasteiger partial charge in [-0.3, -0.25) is 9.78 Å². The monoisotopic (exact) mass is 297 g/mol. The van der Waals surface area contributed by atoms with E-state index in [1.165, 1.54) is 5.56 Å². The molecule has 0 aliphatic rings. The highest BCUT2D eigenvalue weighted by molar-refractivity contribution is 5.82. The highest BCUT2D eigenvalue weighted by atomic mass is 16.2. The molecule has 4 nitrogen and oxygen atoms in total. The first-order valence-corrected chi connectivity index (χ1v) is 7.68. The van der Waals surface area contributed by atoms with Crippen LogP contribution in [0.2, 0.25) is 0 Å². The molecule has 2 aromatic rings. The molecule has 0 saturated heterocycles. The van der Waals surface area contributed by atoms with Crippen molar-refractivity contribution in [2.75, 3.05) is 13.1 Å². The van der Waals surface area contributed by atoms with Crippen LogP contribution in [0.1, 0.15) is 18.1 Å². The van der Waals surface area contributed by atoms with Crippen LogP contribution in [0.3, 0.4) is 0 Å². The van der Waals surface area contributed by atoms with Crippen LogP contribution >= 0.6 is 0 Å². The molecule has 0 aliphatic heterocycles. The Morgan fingerprint density at radius 3 is 2.45 bits per heavy atom. The van der Waals surface area contributed by atoms with Gasteiger partial charge >= 0.3 is 0 Å². The van der Waals surface area contributed by atoms with Gasteiger partial charge < -0.3 is 10.6 Å². The van der Waals surface area contributed by atoms with Crippen molar-refractivity contribution in [2.45, 2.75) is 25.8 Å². The first kappa shape index (κ1) is 16.2. The zero-order valence-electron chi connectivity index (χ0n) is 13.0. The molecule has 2 N–H and O–H groups in total. The molecular weight excluding hydrogens is 274 g/mol. The number of amides is 1. The van der Waals surface area contributed by atoms with E-state index in [1.54, 1.807) is 12.4 Å². The Balaban J connectivity index is 1.90. The lowest BCUT2D eigenvalue weighted by molar-refractivity contribution is -0.132. The molecule has 1 heterocycles. The second-order valence-electron chi connectivity index (χ2n) is 5.32. The van der Waals surface area contributed by atoms with Gasteiger partial charge in [0, 0.05) is 25.5 Å². The first-order valence-electron chi connectivity index (χ1n) is 7.68. The quantitative estimate of drug-likeness (QED) is 0.851. The number of likely N-dealkylation sites (N-methyl/N-ethyl adjacent to an activating group) is 1. The fourth-order valence-corrected chi connectivity index (χ4v) is 2.43. The Hall–Kier alpha value is -2.20. The molecule has 116 valence electrons. The van der Waals surface area contributed by atoms with Crippen molar-refractivity contribution in [3.8, 4) is 0 Å². The van der Waals surface area contributed by atoms with Crippen LogP contribution in [0.5, 0.6) is 0 Å². The largest absolute Gasteiger partial charge is 0.341 e. The Kier molecular flexibility index (Phi) is 6.10. The van der Waals surface area contributed by atoms with E-state index in [4.69, 9.17) is 5.73 Å². The summed E-state index contributed by atoms with van der Waals surface area (Å²) in [5, 5.41) is 0. The molecule has 1 aromatic carbocycles. The van der Waals surface area contributed by atoms with Gasteiger partial charge in [-0.2, -0.15) is 0 Å². The molecule has 4 heteroatoms. The summed E-state index contributed by atoms with van der Waals surface area (Å²) in [4.78, 5) is 18.3. The zero-order chi connectivity index (χ0) is 15.8. The SMILES string of the molecule is CCN(CCc1ccncc1)C(=O)[C@@H](N)Cc1ccccc1. The predicted octanol–water partition coefficient (Wildman–Crippen LogP) is 2.04. The topological polar surface area (TPSA) is 59.2 Å². The molecule has 2 rings (SSSR count). The molecule has 0 aliphatic carbocycles. The molecule has 0 radical (unpaired) electrons. The van der Waals surface area contributed by atoms with Crippen LogP contribution in [0.4, 0.5) is 0 Å². The summed E-state index contributed by atoms with van der Waals surface area (Å²) in [6, 6.07) is 13.4. The fraction of sp³-hybridized carbons (Fsp3) is 0.333. The van der Waals surface area contributed by atoms with Crippen LogP contribution in [0.25, 0.3) is 0 Å². The van der Waals surface area contributed by atoms with Crippen LogP contribution in [0, 0.1) is 0 Å². The summed E-state index contributed by atoms with van der Waals surface area (Å²) in [7, 11) is 0. The summed E-state index contributed by atoms with van der Waals surface area (Å²) in [6.07, 6.45) is 4.94.